The number of hydrogen-bond acceptors (Lipinski definition) is 3. The van der Waals surface area contributed by atoms with Crippen molar-refractivity contribution in [1.82, 2.24) is 9.62 Å². The summed E-state index contributed by atoms with van der Waals surface area (Å²) in [5.74, 6) is 0.747. The molecule has 110 valence electrons. The molecule has 0 spiro atoms. The normalized spacial score (nSPS) is 26.9. The summed E-state index contributed by atoms with van der Waals surface area (Å²) >= 11 is 12.1. The lowest BCUT2D eigenvalue weighted by Gasteiger charge is -2.18. The molecule has 2 saturated heterocycles. The summed E-state index contributed by atoms with van der Waals surface area (Å²) in [4.78, 5) is 0. The minimum absolute atomic E-state index is 0.127. The SMILES string of the molecule is O=S(=O)(Cc1c(Cl)cccc1Cl)N1C[C@H]2CNC[C@H]2C1. The molecule has 1 aromatic rings. The van der Waals surface area contributed by atoms with E-state index in [1.807, 2.05) is 0 Å². The molecule has 0 amide bonds. The average Bonchev–Trinajstić information content (AvgIpc) is 2.94. The Bertz CT molecular complexity index is 589. The molecule has 7 heteroatoms. The lowest BCUT2D eigenvalue weighted by molar-refractivity contribution is 0.447. The first kappa shape index (κ1) is 14.6. The largest absolute Gasteiger partial charge is 0.316 e. The zero-order valence-electron chi connectivity index (χ0n) is 10.9. The van der Waals surface area contributed by atoms with Gasteiger partial charge in [-0.15, -0.1) is 0 Å². The van der Waals surface area contributed by atoms with Crippen LogP contribution in [0.15, 0.2) is 18.2 Å². The second kappa shape index (κ2) is 5.46. The molecule has 4 nitrogen and oxygen atoms in total. The van der Waals surface area contributed by atoms with Crippen LogP contribution in [0.25, 0.3) is 0 Å². The summed E-state index contributed by atoms with van der Waals surface area (Å²) in [5.41, 5.74) is 0.492. The molecule has 2 atom stereocenters. The molecule has 2 fully saturated rings. The average molecular weight is 335 g/mol. The minimum Gasteiger partial charge on any atom is -0.316 e. The van der Waals surface area contributed by atoms with Crippen LogP contribution in [0.3, 0.4) is 0 Å². The third-order valence-electron chi connectivity index (χ3n) is 4.14. The molecule has 2 aliphatic rings. The topological polar surface area (TPSA) is 49.4 Å². The van der Waals surface area contributed by atoms with Crippen LogP contribution in [0.2, 0.25) is 10.0 Å². The Labute approximate surface area is 129 Å². The fourth-order valence-corrected chi connectivity index (χ4v) is 5.37. The van der Waals surface area contributed by atoms with Gasteiger partial charge in [0.05, 0.1) is 5.75 Å². The van der Waals surface area contributed by atoms with Gasteiger partial charge in [0.15, 0.2) is 0 Å². The molecule has 0 saturated carbocycles. The Morgan fingerprint density at radius 2 is 1.70 bits per heavy atom. The number of halogens is 2. The summed E-state index contributed by atoms with van der Waals surface area (Å²) in [6.45, 7) is 3.01. The number of nitrogens with zero attached hydrogens (tertiary/aromatic N) is 1. The van der Waals surface area contributed by atoms with E-state index in [-0.39, 0.29) is 5.75 Å². The van der Waals surface area contributed by atoms with Crippen LogP contribution < -0.4 is 5.32 Å². The van der Waals surface area contributed by atoms with E-state index < -0.39 is 10.0 Å². The predicted octanol–water partition coefficient (Wildman–Crippen LogP) is 1.97. The van der Waals surface area contributed by atoms with Crippen molar-refractivity contribution in [1.29, 1.82) is 0 Å². The fourth-order valence-electron chi connectivity index (χ4n) is 2.98. The van der Waals surface area contributed by atoms with Gasteiger partial charge in [-0.2, -0.15) is 0 Å². The van der Waals surface area contributed by atoms with Crippen LogP contribution in [0.1, 0.15) is 5.56 Å². The third-order valence-corrected chi connectivity index (χ3v) is 6.58. The van der Waals surface area contributed by atoms with Gasteiger partial charge in [-0.05, 0) is 37.1 Å². The second-order valence-corrected chi connectivity index (χ2v) is 8.24. The smallest absolute Gasteiger partial charge is 0.218 e. The van der Waals surface area contributed by atoms with Crippen LogP contribution in [-0.4, -0.2) is 38.9 Å². The molecule has 0 unspecified atom stereocenters. The van der Waals surface area contributed by atoms with E-state index in [2.05, 4.69) is 5.32 Å². The zero-order valence-corrected chi connectivity index (χ0v) is 13.2. The highest BCUT2D eigenvalue weighted by Crippen LogP contribution is 2.32. The zero-order chi connectivity index (χ0) is 14.3. The monoisotopic (exact) mass is 334 g/mol. The van der Waals surface area contributed by atoms with Crippen LogP contribution in [0.5, 0.6) is 0 Å². The Morgan fingerprint density at radius 1 is 1.15 bits per heavy atom. The van der Waals surface area contributed by atoms with Gasteiger partial charge < -0.3 is 5.32 Å². The van der Waals surface area contributed by atoms with Gasteiger partial charge in [0.1, 0.15) is 0 Å². The maximum absolute atomic E-state index is 12.5. The van der Waals surface area contributed by atoms with Crippen molar-refractivity contribution in [2.75, 3.05) is 26.2 Å². The van der Waals surface area contributed by atoms with Crippen molar-refractivity contribution in [3.05, 3.63) is 33.8 Å². The van der Waals surface area contributed by atoms with Crippen LogP contribution in [-0.2, 0) is 15.8 Å². The fraction of sp³-hybridized carbons (Fsp3) is 0.538. The van der Waals surface area contributed by atoms with Gasteiger partial charge >= 0.3 is 0 Å². The quantitative estimate of drug-likeness (QED) is 0.919. The van der Waals surface area contributed by atoms with Crippen molar-refractivity contribution in [2.45, 2.75) is 5.75 Å². The summed E-state index contributed by atoms with van der Waals surface area (Å²) in [6.07, 6.45) is 0. The van der Waals surface area contributed by atoms with E-state index in [4.69, 9.17) is 23.2 Å². The van der Waals surface area contributed by atoms with Gasteiger partial charge in [-0.25, -0.2) is 12.7 Å². The number of rotatable bonds is 3. The maximum Gasteiger partial charge on any atom is 0.218 e. The minimum atomic E-state index is -3.36. The van der Waals surface area contributed by atoms with E-state index >= 15 is 0 Å². The second-order valence-electron chi connectivity index (χ2n) is 5.45. The Balaban J connectivity index is 1.80. The number of sulfonamides is 1. The molecule has 3 rings (SSSR count). The molecular weight excluding hydrogens is 319 g/mol. The van der Waals surface area contributed by atoms with Crippen LogP contribution >= 0.6 is 23.2 Å². The van der Waals surface area contributed by atoms with E-state index in [1.54, 1.807) is 22.5 Å². The van der Waals surface area contributed by atoms with Crippen molar-refractivity contribution in [2.24, 2.45) is 11.8 Å². The molecule has 20 heavy (non-hydrogen) atoms. The molecule has 0 aromatic heterocycles. The molecule has 0 aliphatic carbocycles. The van der Waals surface area contributed by atoms with Crippen molar-refractivity contribution >= 4 is 33.2 Å². The number of nitrogens with one attached hydrogen (secondary N) is 1. The molecule has 1 aromatic carbocycles. The molecular formula is C13H16Cl2N2O2S. The summed E-state index contributed by atoms with van der Waals surface area (Å²) < 4.78 is 26.6. The lowest BCUT2D eigenvalue weighted by Crippen LogP contribution is -2.33. The Hall–Kier alpha value is -0.330. The predicted molar refractivity (Wildman–Crippen MR) is 80.5 cm³/mol. The van der Waals surface area contributed by atoms with Gasteiger partial charge in [0, 0.05) is 28.7 Å². The lowest BCUT2D eigenvalue weighted by atomic mass is 10.0. The highest BCUT2D eigenvalue weighted by molar-refractivity contribution is 7.88. The summed E-state index contributed by atoms with van der Waals surface area (Å²) in [7, 11) is -3.36. The van der Waals surface area contributed by atoms with Crippen LogP contribution in [0.4, 0.5) is 0 Å². The van der Waals surface area contributed by atoms with Gasteiger partial charge in [-0.3, -0.25) is 0 Å². The Morgan fingerprint density at radius 3 is 2.25 bits per heavy atom. The van der Waals surface area contributed by atoms with Gasteiger partial charge in [-0.1, -0.05) is 29.3 Å². The summed E-state index contributed by atoms with van der Waals surface area (Å²) in [5, 5.41) is 4.11. The number of hydrogen-bond donors (Lipinski definition) is 1. The van der Waals surface area contributed by atoms with Crippen LogP contribution in [0, 0.1) is 11.8 Å². The number of fused-ring (bicyclic) bond motifs is 1. The highest BCUT2D eigenvalue weighted by atomic mass is 35.5. The summed E-state index contributed by atoms with van der Waals surface area (Å²) in [6, 6.07) is 5.05. The highest BCUT2D eigenvalue weighted by Gasteiger charge is 2.41. The van der Waals surface area contributed by atoms with E-state index in [1.165, 1.54) is 0 Å². The van der Waals surface area contributed by atoms with Gasteiger partial charge in [0.25, 0.3) is 0 Å². The van der Waals surface area contributed by atoms with E-state index in [0.29, 0.717) is 40.5 Å². The van der Waals surface area contributed by atoms with Crippen molar-refractivity contribution in [3.8, 4) is 0 Å². The van der Waals surface area contributed by atoms with Crippen molar-refractivity contribution in [3.63, 3.8) is 0 Å². The van der Waals surface area contributed by atoms with Gasteiger partial charge in [0.2, 0.25) is 10.0 Å². The third kappa shape index (κ3) is 2.70. The first-order chi connectivity index (χ1) is 9.47. The first-order valence-corrected chi connectivity index (χ1v) is 8.95. The Kier molecular flexibility index (Phi) is 3.99. The molecule has 2 aliphatic heterocycles. The maximum atomic E-state index is 12.5. The van der Waals surface area contributed by atoms with Crippen molar-refractivity contribution < 1.29 is 8.42 Å². The first-order valence-electron chi connectivity index (χ1n) is 6.59. The molecule has 2 heterocycles. The molecule has 0 bridgehead atoms. The standard InChI is InChI=1S/C13H16Cl2N2O2S/c14-12-2-1-3-13(15)11(12)8-20(18,19)17-6-9-4-16-5-10(9)7-17/h1-3,9-10,16H,4-8H2/t9-,10+. The molecule has 0 radical (unpaired) electrons. The number of benzene rings is 1. The van der Waals surface area contributed by atoms with E-state index in [9.17, 15) is 8.42 Å². The molecule has 1 N–H and O–H groups in total. The van der Waals surface area contributed by atoms with E-state index in [0.717, 1.165) is 13.1 Å².